The lowest BCUT2D eigenvalue weighted by molar-refractivity contribution is 0.695. The molecule has 0 saturated carbocycles. The fourth-order valence-corrected chi connectivity index (χ4v) is 2.69. The van der Waals surface area contributed by atoms with Crippen molar-refractivity contribution in [3.8, 4) is 0 Å². The van der Waals surface area contributed by atoms with Crippen molar-refractivity contribution in [1.82, 2.24) is 9.13 Å². The van der Waals surface area contributed by atoms with Gasteiger partial charge in [-0.3, -0.25) is 5.41 Å². The first-order valence-corrected chi connectivity index (χ1v) is 6.96. The van der Waals surface area contributed by atoms with Gasteiger partial charge in [0.2, 0.25) is 5.62 Å². The van der Waals surface area contributed by atoms with Gasteiger partial charge in [0.1, 0.15) is 0 Å². The number of aromatic nitrogens is 2. The molecule has 3 rings (SSSR count). The van der Waals surface area contributed by atoms with Crippen LogP contribution in [-0.2, 0) is 13.6 Å². The third-order valence-corrected chi connectivity index (χ3v) is 4.17. The quantitative estimate of drug-likeness (QED) is 0.677. The fraction of sp³-hybridized carbons (Fsp3) is 0.133. The van der Waals surface area contributed by atoms with Crippen LogP contribution in [0.4, 0.5) is 0 Å². The molecule has 1 heterocycles. The van der Waals surface area contributed by atoms with Gasteiger partial charge in [0.25, 0.3) is 0 Å². The molecule has 0 aliphatic heterocycles. The van der Waals surface area contributed by atoms with E-state index in [1.807, 2.05) is 52.6 Å². The van der Waals surface area contributed by atoms with Gasteiger partial charge in [0, 0.05) is 7.05 Å². The average molecular weight is 387 g/mol. The second-order valence-electron chi connectivity index (χ2n) is 4.71. The van der Waals surface area contributed by atoms with Gasteiger partial charge in [-0.05, 0) is 29.8 Å². The Balaban J connectivity index is 0.00000161. The molecule has 3 nitrogen and oxygen atoms in total. The summed E-state index contributed by atoms with van der Waals surface area (Å²) in [5.41, 5.74) is 3.55. The van der Waals surface area contributed by atoms with E-state index < -0.39 is 0 Å². The summed E-state index contributed by atoms with van der Waals surface area (Å²) in [7, 11) is 1.90. The number of hydrogen-bond donors (Lipinski definition) is 1. The molecular formula is C15H14BrCl2N3. The van der Waals surface area contributed by atoms with Crippen molar-refractivity contribution in [2.45, 2.75) is 6.54 Å². The summed E-state index contributed by atoms with van der Waals surface area (Å²) >= 11 is 12.0. The standard InChI is InChI=1S/C15H13Cl2N3.BrH/c1-19-13-4-2-3-5-14(13)20(15(19)18)9-10-6-7-11(16)12(17)8-10;/h2-8,18H,9H2,1H3;1H. The van der Waals surface area contributed by atoms with E-state index in [1.165, 1.54) is 0 Å². The number of nitrogens with one attached hydrogen (secondary N) is 1. The summed E-state index contributed by atoms with van der Waals surface area (Å²) in [5.74, 6) is 0. The number of para-hydroxylation sites is 2. The zero-order valence-electron chi connectivity index (χ0n) is 11.3. The van der Waals surface area contributed by atoms with Crippen LogP contribution in [0.5, 0.6) is 0 Å². The molecule has 21 heavy (non-hydrogen) atoms. The van der Waals surface area contributed by atoms with Gasteiger partial charge in [0.15, 0.2) is 0 Å². The second-order valence-corrected chi connectivity index (χ2v) is 5.52. The number of halogens is 3. The first-order valence-electron chi connectivity index (χ1n) is 6.20. The monoisotopic (exact) mass is 385 g/mol. The Kier molecular flexibility index (Phi) is 4.81. The predicted molar refractivity (Wildman–Crippen MR) is 92.6 cm³/mol. The van der Waals surface area contributed by atoms with Gasteiger partial charge in [-0.25, -0.2) is 0 Å². The van der Waals surface area contributed by atoms with Crippen LogP contribution >= 0.6 is 40.2 Å². The van der Waals surface area contributed by atoms with Crippen molar-refractivity contribution in [2.75, 3.05) is 0 Å². The van der Waals surface area contributed by atoms with Crippen molar-refractivity contribution >= 4 is 51.2 Å². The van der Waals surface area contributed by atoms with Gasteiger partial charge < -0.3 is 9.13 Å². The SMILES string of the molecule is Br.Cn1c(=N)n(Cc2ccc(Cl)c(Cl)c2)c2ccccc21. The molecule has 0 bridgehead atoms. The Morgan fingerprint density at radius 2 is 1.67 bits per heavy atom. The zero-order chi connectivity index (χ0) is 14.3. The lowest BCUT2D eigenvalue weighted by Gasteiger charge is -2.06. The number of imidazole rings is 1. The highest BCUT2D eigenvalue weighted by Gasteiger charge is 2.08. The van der Waals surface area contributed by atoms with Crippen molar-refractivity contribution < 1.29 is 0 Å². The molecule has 110 valence electrons. The molecule has 0 atom stereocenters. The van der Waals surface area contributed by atoms with Crippen LogP contribution in [-0.4, -0.2) is 9.13 Å². The second kappa shape index (κ2) is 6.26. The number of rotatable bonds is 2. The minimum atomic E-state index is 0. The van der Waals surface area contributed by atoms with Crippen LogP contribution in [0, 0.1) is 5.41 Å². The van der Waals surface area contributed by atoms with Crippen LogP contribution in [0.2, 0.25) is 10.0 Å². The van der Waals surface area contributed by atoms with Crippen molar-refractivity contribution in [3.63, 3.8) is 0 Å². The first-order chi connectivity index (χ1) is 9.58. The minimum absolute atomic E-state index is 0. The van der Waals surface area contributed by atoms with E-state index in [0.717, 1.165) is 16.6 Å². The molecule has 1 N–H and O–H groups in total. The normalized spacial score (nSPS) is 10.6. The highest BCUT2D eigenvalue weighted by molar-refractivity contribution is 8.93. The van der Waals surface area contributed by atoms with E-state index in [0.29, 0.717) is 22.2 Å². The van der Waals surface area contributed by atoms with Crippen LogP contribution in [0.15, 0.2) is 42.5 Å². The minimum Gasteiger partial charge on any atom is -0.313 e. The lowest BCUT2D eigenvalue weighted by atomic mass is 10.2. The van der Waals surface area contributed by atoms with Gasteiger partial charge in [-0.1, -0.05) is 41.4 Å². The molecule has 0 aliphatic carbocycles. The Morgan fingerprint density at radius 3 is 2.33 bits per heavy atom. The van der Waals surface area contributed by atoms with E-state index in [9.17, 15) is 0 Å². The predicted octanol–water partition coefficient (Wildman–Crippen LogP) is 4.39. The van der Waals surface area contributed by atoms with Crippen molar-refractivity contribution in [3.05, 3.63) is 63.7 Å². The summed E-state index contributed by atoms with van der Waals surface area (Å²) in [6, 6.07) is 13.6. The van der Waals surface area contributed by atoms with Gasteiger partial charge in [-0.15, -0.1) is 17.0 Å². The molecule has 6 heteroatoms. The van der Waals surface area contributed by atoms with Crippen LogP contribution in [0.1, 0.15) is 5.56 Å². The maximum atomic E-state index is 8.24. The highest BCUT2D eigenvalue weighted by atomic mass is 79.9. The molecular weight excluding hydrogens is 373 g/mol. The highest BCUT2D eigenvalue weighted by Crippen LogP contribution is 2.23. The Labute approximate surface area is 143 Å². The molecule has 3 aromatic rings. The summed E-state index contributed by atoms with van der Waals surface area (Å²) in [4.78, 5) is 0. The molecule has 1 aromatic heterocycles. The largest absolute Gasteiger partial charge is 0.313 e. The first kappa shape index (κ1) is 16.1. The maximum absolute atomic E-state index is 8.24. The zero-order valence-corrected chi connectivity index (χ0v) is 14.5. The molecule has 0 unspecified atom stereocenters. The fourth-order valence-electron chi connectivity index (χ4n) is 2.37. The number of benzene rings is 2. The lowest BCUT2D eigenvalue weighted by Crippen LogP contribution is -2.23. The third kappa shape index (κ3) is 2.89. The van der Waals surface area contributed by atoms with Crippen LogP contribution in [0.25, 0.3) is 11.0 Å². The molecule has 2 aromatic carbocycles. The smallest absolute Gasteiger partial charge is 0.203 e. The topological polar surface area (TPSA) is 33.7 Å². The number of hydrogen-bond acceptors (Lipinski definition) is 1. The van der Waals surface area contributed by atoms with Crippen molar-refractivity contribution in [1.29, 1.82) is 5.41 Å². The number of nitrogens with zero attached hydrogens (tertiary/aromatic N) is 2. The van der Waals surface area contributed by atoms with Gasteiger partial charge in [-0.2, -0.15) is 0 Å². The molecule has 0 amide bonds. The van der Waals surface area contributed by atoms with E-state index in [-0.39, 0.29) is 17.0 Å². The molecule has 0 spiro atoms. The number of fused-ring (bicyclic) bond motifs is 1. The van der Waals surface area contributed by atoms with Crippen LogP contribution in [0.3, 0.4) is 0 Å². The van der Waals surface area contributed by atoms with E-state index >= 15 is 0 Å². The van der Waals surface area contributed by atoms with Gasteiger partial charge in [0.05, 0.1) is 27.6 Å². The molecule has 0 aliphatic rings. The van der Waals surface area contributed by atoms with E-state index in [4.69, 9.17) is 28.6 Å². The Morgan fingerprint density at radius 1 is 1.00 bits per heavy atom. The van der Waals surface area contributed by atoms with E-state index in [2.05, 4.69) is 0 Å². The van der Waals surface area contributed by atoms with Crippen LogP contribution < -0.4 is 5.62 Å². The summed E-state index contributed by atoms with van der Waals surface area (Å²) in [5, 5.41) is 9.32. The molecule has 0 saturated heterocycles. The summed E-state index contributed by atoms with van der Waals surface area (Å²) in [6.45, 7) is 0.594. The summed E-state index contributed by atoms with van der Waals surface area (Å²) < 4.78 is 3.82. The molecule has 0 fully saturated rings. The average Bonchev–Trinajstić information content (AvgIpc) is 2.69. The number of aryl methyl sites for hydroxylation is 1. The van der Waals surface area contributed by atoms with E-state index in [1.54, 1.807) is 6.07 Å². The van der Waals surface area contributed by atoms with Gasteiger partial charge >= 0.3 is 0 Å². The third-order valence-electron chi connectivity index (χ3n) is 3.43. The maximum Gasteiger partial charge on any atom is 0.203 e. The molecule has 0 radical (unpaired) electrons. The Hall–Kier alpha value is -1.23. The Bertz CT molecular complexity index is 852. The summed E-state index contributed by atoms with van der Waals surface area (Å²) in [6.07, 6.45) is 0. The van der Waals surface area contributed by atoms with Crippen molar-refractivity contribution in [2.24, 2.45) is 7.05 Å².